The number of aromatic amines is 1. The molecule has 44 heavy (non-hydrogen) atoms. The Balaban J connectivity index is 1.15. The Morgan fingerprint density at radius 2 is 1.66 bits per heavy atom. The van der Waals surface area contributed by atoms with Gasteiger partial charge in [-0.15, -0.1) is 0 Å². The van der Waals surface area contributed by atoms with Gasteiger partial charge in [0.15, 0.2) is 5.82 Å². The molecule has 230 valence electrons. The molecule has 0 unspecified atom stereocenters. The van der Waals surface area contributed by atoms with Gasteiger partial charge in [-0.05, 0) is 87.5 Å². The van der Waals surface area contributed by atoms with E-state index in [9.17, 15) is 18.0 Å². The molecule has 2 aromatic carbocycles. The van der Waals surface area contributed by atoms with E-state index in [4.69, 9.17) is 23.2 Å². The second-order valence-electron chi connectivity index (χ2n) is 12.6. The molecule has 0 saturated heterocycles. The van der Waals surface area contributed by atoms with Gasteiger partial charge in [0.1, 0.15) is 10.6 Å². The van der Waals surface area contributed by atoms with Crippen LogP contribution < -0.4 is 15.6 Å². The molecule has 1 amide bonds. The van der Waals surface area contributed by atoms with Crippen molar-refractivity contribution in [1.29, 1.82) is 0 Å². The van der Waals surface area contributed by atoms with Crippen molar-refractivity contribution < 1.29 is 13.2 Å². The molecule has 2 heterocycles. The van der Waals surface area contributed by atoms with Crippen LogP contribution in [0.1, 0.15) is 60.3 Å². The number of para-hydroxylation sites is 1. The summed E-state index contributed by atoms with van der Waals surface area (Å²) in [5, 5.41) is 9.94. The number of H-pyrrole nitrogens is 1. The highest BCUT2D eigenvalue weighted by molar-refractivity contribution is 7.92. The molecule has 0 radical (unpaired) electrons. The van der Waals surface area contributed by atoms with Gasteiger partial charge in [0.25, 0.3) is 21.5 Å². The number of anilines is 2. The molecule has 8 rings (SSSR count). The van der Waals surface area contributed by atoms with Crippen LogP contribution in [0.3, 0.4) is 0 Å². The van der Waals surface area contributed by atoms with E-state index in [2.05, 4.69) is 20.2 Å². The smallest absolute Gasteiger partial charge is 0.296 e. The van der Waals surface area contributed by atoms with Gasteiger partial charge in [0.2, 0.25) is 0 Å². The summed E-state index contributed by atoms with van der Waals surface area (Å²) in [5.74, 6) is 2.04. The number of carbonyl (C=O) groups is 1. The zero-order chi connectivity index (χ0) is 31.0. The molecule has 4 aromatic rings. The van der Waals surface area contributed by atoms with Gasteiger partial charge in [-0.2, -0.15) is 5.10 Å². The first-order valence-electron chi connectivity index (χ1n) is 14.7. The van der Waals surface area contributed by atoms with Gasteiger partial charge < -0.3 is 5.32 Å². The summed E-state index contributed by atoms with van der Waals surface area (Å²) in [6.45, 7) is 1.62. The number of halogens is 2. The van der Waals surface area contributed by atoms with Crippen molar-refractivity contribution in [2.75, 3.05) is 10.0 Å². The molecule has 10 nitrogen and oxygen atoms in total. The molecule has 4 bridgehead atoms. The largest absolute Gasteiger partial charge is 0.305 e. The number of hydrogen-bond donors (Lipinski definition) is 3. The molecule has 3 N–H and O–H groups in total. The van der Waals surface area contributed by atoms with E-state index in [1.54, 1.807) is 42.9 Å². The Labute approximate surface area is 264 Å². The SMILES string of the molecule is Cc1c(NS(=O)(=O)c2cc(C(=O)Nc3cc(C45CC6CC(CC(C6)C4)C5)[nH]n3)cc(Cl)c2Cl)c(=O)n(-c2ccccc2)n1C. The van der Waals surface area contributed by atoms with E-state index < -0.39 is 26.4 Å². The normalized spacial score (nSPS) is 24.0. The van der Waals surface area contributed by atoms with Crippen molar-refractivity contribution >= 4 is 50.6 Å². The van der Waals surface area contributed by atoms with E-state index in [-0.39, 0.29) is 26.7 Å². The van der Waals surface area contributed by atoms with E-state index in [1.807, 2.05) is 12.1 Å². The highest BCUT2D eigenvalue weighted by atomic mass is 35.5. The number of benzene rings is 2. The number of nitrogens with one attached hydrogen (secondary N) is 3. The molecule has 0 atom stereocenters. The van der Waals surface area contributed by atoms with Gasteiger partial charge in [-0.25, -0.2) is 13.1 Å². The minimum atomic E-state index is -4.44. The minimum Gasteiger partial charge on any atom is -0.305 e. The van der Waals surface area contributed by atoms with Gasteiger partial charge in [-0.3, -0.25) is 24.1 Å². The first kappa shape index (κ1) is 29.2. The average Bonchev–Trinajstić information content (AvgIpc) is 3.53. The zero-order valence-electron chi connectivity index (χ0n) is 24.2. The Hall–Kier alpha value is -3.54. The maximum absolute atomic E-state index is 13.6. The van der Waals surface area contributed by atoms with Crippen LogP contribution in [0.2, 0.25) is 10.0 Å². The standard InChI is InChI=1S/C31H32Cl2N6O4S/c1-17-28(30(41)39(38(17)2)22-6-4-3-5-7-22)37-44(42,43)24-12-21(11-23(32)27(24)33)29(40)34-26-13-25(35-36-26)31-14-18-8-19(15-31)10-20(9-18)16-31/h3-7,11-13,18-20,37H,8-10,14-16H2,1-2H3,(H2,34,35,36,40). The highest BCUT2D eigenvalue weighted by Crippen LogP contribution is 2.60. The third-order valence-corrected chi connectivity index (χ3v) is 12.1. The van der Waals surface area contributed by atoms with Gasteiger partial charge in [0.05, 0.1) is 21.4 Å². The van der Waals surface area contributed by atoms with Gasteiger partial charge in [-0.1, -0.05) is 41.4 Å². The topological polar surface area (TPSA) is 131 Å². The van der Waals surface area contributed by atoms with Crippen LogP contribution in [0.4, 0.5) is 11.5 Å². The average molecular weight is 656 g/mol. The van der Waals surface area contributed by atoms with E-state index in [1.165, 1.54) is 30.0 Å². The molecule has 2 aromatic heterocycles. The fraction of sp³-hybridized carbons (Fsp3) is 0.387. The lowest BCUT2D eigenvalue weighted by molar-refractivity contribution is -0.00721. The maximum Gasteiger partial charge on any atom is 0.296 e. The van der Waals surface area contributed by atoms with Crippen LogP contribution in [-0.4, -0.2) is 33.9 Å². The van der Waals surface area contributed by atoms with E-state index in [0.29, 0.717) is 17.2 Å². The molecule has 0 aliphatic heterocycles. The Morgan fingerprint density at radius 3 is 2.30 bits per heavy atom. The maximum atomic E-state index is 13.6. The summed E-state index contributed by atoms with van der Waals surface area (Å²) < 4.78 is 32.5. The first-order chi connectivity index (χ1) is 20.9. The van der Waals surface area contributed by atoms with E-state index in [0.717, 1.165) is 48.8 Å². The Bertz CT molecular complexity index is 1930. The van der Waals surface area contributed by atoms with Crippen LogP contribution in [0.25, 0.3) is 5.69 Å². The zero-order valence-corrected chi connectivity index (χ0v) is 26.6. The number of nitrogens with zero attached hydrogens (tertiary/aromatic N) is 3. The second-order valence-corrected chi connectivity index (χ2v) is 15.1. The monoisotopic (exact) mass is 654 g/mol. The summed E-state index contributed by atoms with van der Waals surface area (Å²) in [5.41, 5.74) is 1.34. The van der Waals surface area contributed by atoms with Crippen molar-refractivity contribution in [3.8, 4) is 5.69 Å². The number of aromatic nitrogens is 4. The third-order valence-electron chi connectivity index (χ3n) is 9.77. The molecule has 13 heteroatoms. The van der Waals surface area contributed by atoms with Crippen molar-refractivity contribution in [2.24, 2.45) is 24.8 Å². The molecule has 4 aliphatic rings. The first-order valence-corrected chi connectivity index (χ1v) is 16.9. The lowest BCUT2D eigenvalue weighted by Gasteiger charge is -2.56. The highest BCUT2D eigenvalue weighted by Gasteiger charge is 2.52. The molecule has 4 aliphatic carbocycles. The fourth-order valence-corrected chi connectivity index (χ4v) is 9.98. The lowest BCUT2D eigenvalue weighted by atomic mass is 9.49. The van der Waals surface area contributed by atoms with Crippen molar-refractivity contribution in [3.05, 3.63) is 85.9 Å². The second kappa shape index (κ2) is 10.5. The van der Waals surface area contributed by atoms with Crippen LogP contribution >= 0.6 is 23.2 Å². The van der Waals surface area contributed by atoms with Crippen LogP contribution in [0.5, 0.6) is 0 Å². The fourth-order valence-electron chi connectivity index (χ4n) is 8.05. The molecule has 0 spiro atoms. The van der Waals surface area contributed by atoms with E-state index >= 15 is 0 Å². The van der Waals surface area contributed by atoms with Crippen LogP contribution in [0, 0.1) is 24.7 Å². The number of sulfonamides is 1. The van der Waals surface area contributed by atoms with Gasteiger partial charge in [0, 0.05) is 29.8 Å². The van der Waals surface area contributed by atoms with Crippen molar-refractivity contribution in [1.82, 2.24) is 19.6 Å². The van der Waals surface area contributed by atoms with Crippen molar-refractivity contribution in [3.63, 3.8) is 0 Å². The number of hydrogen-bond acceptors (Lipinski definition) is 5. The number of carbonyl (C=O) groups excluding carboxylic acids is 1. The summed E-state index contributed by atoms with van der Waals surface area (Å²) >= 11 is 12.7. The third kappa shape index (κ3) is 4.85. The summed E-state index contributed by atoms with van der Waals surface area (Å²) in [6, 6.07) is 13.2. The molecular weight excluding hydrogens is 623 g/mol. The number of rotatable bonds is 7. The quantitative estimate of drug-likeness (QED) is 0.224. The summed E-state index contributed by atoms with van der Waals surface area (Å²) in [7, 11) is -2.79. The predicted octanol–water partition coefficient (Wildman–Crippen LogP) is 6.04. The molecule has 4 saturated carbocycles. The lowest BCUT2D eigenvalue weighted by Crippen LogP contribution is -2.48. The summed E-state index contributed by atoms with van der Waals surface area (Å²) in [6.07, 6.45) is 7.40. The summed E-state index contributed by atoms with van der Waals surface area (Å²) in [4.78, 5) is 26.3. The minimum absolute atomic E-state index is 0.0226. The van der Waals surface area contributed by atoms with Crippen LogP contribution in [-0.2, 0) is 22.5 Å². The number of amides is 1. The van der Waals surface area contributed by atoms with Crippen LogP contribution in [0.15, 0.2) is 58.2 Å². The predicted molar refractivity (Wildman–Crippen MR) is 169 cm³/mol. The molecule has 4 fully saturated rings. The molecular formula is C31H32Cl2N6O4S. The van der Waals surface area contributed by atoms with Gasteiger partial charge >= 0.3 is 0 Å². The Morgan fingerprint density at radius 1 is 1.02 bits per heavy atom. The Kier molecular flexibility index (Phi) is 6.98. The van der Waals surface area contributed by atoms with Crippen molar-refractivity contribution in [2.45, 2.75) is 55.8 Å².